The molecule has 2 N–H and O–H groups in total. The maximum absolute atomic E-state index is 11.8. The van der Waals surface area contributed by atoms with Crippen LogP contribution >= 0.6 is 11.6 Å². The Balaban J connectivity index is 2.05. The van der Waals surface area contributed by atoms with Gasteiger partial charge in [-0.25, -0.2) is 0 Å². The number of hydrogen-bond acceptors (Lipinski definition) is 6. The first-order valence-electron chi connectivity index (χ1n) is 6.85. The summed E-state index contributed by atoms with van der Waals surface area (Å²) < 4.78 is 10.1. The summed E-state index contributed by atoms with van der Waals surface area (Å²) in [4.78, 5) is 11.8. The third-order valence-electron chi connectivity index (χ3n) is 2.91. The molecule has 0 radical (unpaired) electrons. The molecule has 1 aromatic heterocycles. The van der Waals surface area contributed by atoms with Gasteiger partial charge in [0.1, 0.15) is 5.75 Å². The molecule has 0 aliphatic rings. The molecule has 0 bridgehead atoms. The quantitative estimate of drug-likeness (QED) is 0.754. The van der Waals surface area contributed by atoms with Crippen LogP contribution in [0.2, 0.25) is 5.02 Å². The number of methoxy groups -OCH3 is 2. The molecule has 0 aliphatic heterocycles. The lowest BCUT2D eigenvalue weighted by atomic mass is 10.3. The Morgan fingerprint density at radius 1 is 1.22 bits per heavy atom. The van der Waals surface area contributed by atoms with Crippen LogP contribution in [-0.4, -0.2) is 43.5 Å². The number of carbonyl (C=O) groups is 1. The first kappa shape index (κ1) is 17.0. The standard InChI is InChI=1S/C15H17ClN4O3/c1-22-8-7-17-15(21)11-4-6-14(20-19-11)18-12-9-10(16)3-5-13(12)23-2/h3-6,9H,7-8H2,1-2H3,(H,17,21)(H,18,20). The minimum absolute atomic E-state index is 0.227. The molecule has 0 atom stereocenters. The Morgan fingerprint density at radius 2 is 2.04 bits per heavy atom. The zero-order valence-electron chi connectivity index (χ0n) is 12.8. The highest BCUT2D eigenvalue weighted by atomic mass is 35.5. The Labute approximate surface area is 139 Å². The van der Waals surface area contributed by atoms with Crippen LogP contribution in [0.5, 0.6) is 5.75 Å². The summed E-state index contributed by atoms with van der Waals surface area (Å²) in [6.45, 7) is 0.851. The SMILES string of the molecule is COCCNC(=O)c1ccc(Nc2cc(Cl)ccc2OC)nn1. The average Bonchev–Trinajstić information content (AvgIpc) is 2.56. The number of carbonyl (C=O) groups excluding carboxylic acids is 1. The lowest BCUT2D eigenvalue weighted by molar-refractivity contribution is 0.0931. The van der Waals surface area contributed by atoms with E-state index in [-0.39, 0.29) is 11.6 Å². The van der Waals surface area contributed by atoms with Gasteiger partial charge in [0, 0.05) is 18.7 Å². The molecular formula is C15H17ClN4O3. The van der Waals surface area contributed by atoms with Gasteiger partial charge in [-0.05, 0) is 30.3 Å². The molecule has 0 saturated heterocycles. The summed E-state index contributed by atoms with van der Waals surface area (Å²) in [7, 11) is 3.13. The van der Waals surface area contributed by atoms with Crippen molar-refractivity contribution in [2.24, 2.45) is 0 Å². The van der Waals surface area contributed by atoms with Crippen molar-refractivity contribution in [2.45, 2.75) is 0 Å². The molecule has 8 heteroatoms. The smallest absolute Gasteiger partial charge is 0.271 e. The number of nitrogens with zero attached hydrogens (tertiary/aromatic N) is 2. The molecule has 1 aromatic carbocycles. The van der Waals surface area contributed by atoms with Gasteiger partial charge in [-0.1, -0.05) is 11.6 Å². The Kier molecular flexibility index (Phi) is 6.13. The summed E-state index contributed by atoms with van der Waals surface area (Å²) in [5.74, 6) is 0.790. The van der Waals surface area contributed by atoms with Gasteiger partial charge in [0.15, 0.2) is 11.5 Å². The van der Waals surface area contributed by atoms with Gasteiger partial charge in [-0.2, -0.15) is 0 Å². The van der Waals surface area contributed by atoms with E-state index in [4.69, 9.17) is 21.1 Å². The summed E-state index contributed by atoms with van der Waals surface area (Å²) in [5.41, 5.74) is 0.885. The van der Waals surface area contributed by atoms with Crippen molar-refractivity contribution in [2.75, 3.05) is 32.7 Å². The van der Waals surface area contributed by atoms with Crippen LogP contribution in [0, 0.1) is 0 Å². The fraction of sp³-hybridized carbons (Fsp3) is 0.267. The maximum atomic E-state index is 11.8. The number of benzene rings is 1. The highest BCUT2D eigenvalue weighted by molar-refractivity contribution is 6.31. The van der Waals surface area contributed by atoms with Crippen LogP contribution < -0.4 is 15.4 Å². The van der Waals surface area contributed by atoms with Gasteiger partial charge >= 0.3 is 0 Å². The van der Waals surface area contributed by atoms with E-state index in [9.17, 15) is 4.79 Å². The first-order valence-corrected chi connectivity index (χ1v) is 7.23. The number of halogens is 1. The van der Waals surface area contributed by atoms with Crippen LogP contribution in [0.25, 0.3) is 0 Å². The highest BCUT2D eigenvalue weighted by Gasteiger charge is 2.09. The van der Waals surface area contributed by atoms with Crippen molar-refractivity contribution in [1.82, 2.24) is 15.5 Å². The lowest BCUT2D eigenvalue weighted by Gasteiger charge is -2.10. The van der Waals surface area contributed by atoms with Crippen LogP contribution in [0.1, 0.15) is 10.5 Å². The molecule has 0 saturated carbocycles. The molecule has 0 spiro atoms. The predicted molar refractivity (Wildman–Crippen MR) is 87.5 cm³/mol. The number of rotatable bonds is 7. The van der Waals surface area contributed by atoms with Crippen molar-refractivity contribution < 1.29 is 14.3 Å². The Bertz CT molecular complexity index is 664. The molecule has 0 aliphatic carbocycles. The predicted octanol–water partition coefficient (Wildman–Crippen LogP) is 2.26. The summed E-state index contributed by atoms with van der Waals surface area (Å²) in [6, 6.07) is 8.42. The molecule has 2 aromatic rings. The minimum Gasteiger partial charge on any atom is -0.495 e. The number of aromatic nitrogens is 2. The van der Waals surface area contributed by atoms with Gasteiger partial charge in [0.25, 0.3) is 5.91 Å². The third kappa shape index (κ3) is 4.80. The van der Waals surface area contributed by atoms with Crippen LogP contribution in [0.4, 0.5) is 11.5 Å². The first-order chi connectivity index (χ1) is 11.1. The van der Waals surface area contributed by atoms with E-state index in [0.29, 0.717) is 35.4 Å². The second-order valence-electron chi connectivity index (χ2n) is 4.52. The molecule has 2 rings (SSSR count). The van der Waals surface area contributed by atoms with Gasteiger partial charge in [0.2, 0.25) is 0 Å². The fourth-order valence-electron chi connectivity index (χ4n) is 1.79. The molecule has 122 valence electrons. The van der Waals surface area contributed by atoms with E-state index < -0.39 is 0 Å². The molecule has 7 nitrogen and oxygen atoms in total. The third-order valence-corrected chi connectivity index (χ3v) is 3.15. The second kappa shape index (κ2) is 8.30. The number of ether oxygens (including phenoxy) is 2. The monoisotopic (exact) mass is 336 g/mol. The van der Waals surface area contributed by atoms with E-state index in [1.807, 2.05) is 0 Å². The Morgan fingerprint density at radius 3 is 2.70 bits per heavy atom. The van der Waals surface area contributed by atoms with E-state index >= 15 is 0 Å². The largest absolute Gasteiger partial charge is 0.495 e. The normalized spacial score (nSPS) is 10.2. The maximum Gasteiger partial charge on any atom is 0.271 e. The van der Waals surface area contributed by atoms with E-state index in [2.05, 4.69) is 20.8 Å². The van der Waals surface area contributed by atoms with Crippen molar-refractivity contribution in [3.8, 4) is 5.75 Å². The molecule has 1 heterocycles. The summed E-state index contributed by atoms with van der Waals surface area (Å²) in [5, 5.41) is 14.2. The topological polar surface area (TPSA) is 85.4 Å². The molecule has 23 heavy (non-hydrogen) atoms. The number of hydrogen-bond donors (Lipinski definition) is 2. The molecular weight excluding hydrogens is 320 g/mol. The molecule has 1 amide bonds. The Hall–Kier alpha value is -2.38. The van der Waals surface area contributed by atoms with Crippen molar-refractivity contribution in [3.05, 3.63) is 41.0 Å². The average molecular weight is 337 g/mol. The fourth-order valence-corrected chi connectivity index (χ4v) is 1.97. The minimum atomic E-state index is -0.304. The summed E-state index contributed by atoms with van der Waals surface area (Å²) >= 11 is 5.97. The van der Waals surface area contributed by atoms with Gasteiger partial charge in [-0.3, -0.25) is 4.79 Å². The second-order valence-corrected chi connectivity index (χ2v) is 4.96. The highest BCUT2D eigenvalue weighted by Crippen LogP contribution is 2.29. The zero-order valence-corrected chi connectivity index (χ0v) is 13.6. The van der Waals surface area contributed by atoms with Crippen LogP contribution in [0.15, 0.2) is 30.3 Å². The van der Waals surface area contributed by atoms with Crippen molar-refractivity contribution >= 4 is 29.0 Å². The van der Waals surface area contributed by atoms with Crippen LogP contribution in [0.3, 0.4) is 0 Å². The number of nitrogens with one attached hydrogen (secondary N) is 2. The van der Waals surface area contributed by atoms with E-state index in [0.717, 1.165) is 0 Å². The van der Waals surface area contributed by atoms with Gasteiger partial charge in [0.05, 0.1) is 19.4 Å². The molecule has 0 fully saturated rings. The number of anilines is 2. The van der Waals surface area contributed by atoms with Crippen molar-refractivity contribution in [1.29, 1.82) is 0 Å². The van der Waals surface area contributed by atoms with Gasteiger partial charge in [-0.15, -0.1) is 10.2 Å². The summed E-state index contributed by atoms with van der Waals surface area (Å²) in [6.07, 6.45) is 0. The van der Waals surface area contributed by atoms with Crippen molar-refractivity contribution in [3.63, 3.8) is 0 Å². The molecule has 0 unspecified atom stereocenters. The van der Waals surface area contributed by atoms with Gasteiger partial charge < -0.3 is 20.1 Å². The lowest BCUT2D eigenvalue weighted by Crippen LogP contribution is -2.27. The van der Waals surface area contributed by atoms with E-state index in [1.165, 1.54) is 0 Å². The van der Waals surface area contributed by atoms with Crippen LogP contribution in [-0.2, 0) is 4.74 Å². The zero-order chi connectivity index (χ0) is 16.7. The van der Waals surface area contributed by atoms with E-state index in [1.54, 1.807) is 44.6 Å². The number of amides is 1.